The first-order valence-corrected chi connectivity index (χ1v) is 18.6. The van der Waals surface area contributed by atoms with Gasteiger partial charge in [-0.15, -0.1) is 6.42 Å². The molecule has 278 valence electrons. The molecule has 0 saturated carbocycles. The van der Waals surface area contributed by atoms with Crippen molar-refractivity contribution in [2.75, 3.05) is 25.6 Å². The Morgan fingerprint density at radius 2 is 1.92 bits per heavy atom. The van der Waals surface area contributed by atoms with E-state index in [1.807, 2.05) is 13.8 Å². The quantitative estimate of drug-likeness (QED) is 0.0473. The SMILES string of the molecule is C#C[C@]1(CO[P@@](=O)(N[C@@H](C)C(=O)OCC(CC)CC)Oc2ccccc2)O[C@@H](n2cnc3c(N)nc(F)nc32)C[C@@H]1OC(=O)OCCCCCC. The first kappa shape index (κ1) is 39.5. The van der Waals surface area contributed by atoms with Gasteiger partial charge in [-0.2, -0.15) is 19.4 Å². The summed E-state index contributed by atoms with van der Waals surface area (Å²) in [5.74, 6) is 1.96. The average Bonchev–Trinajstić information content (AvgIpc) is 3.69. The number of ether oxygens (including phenoxy) is 4. The van der Waals surface area contributed by atoms with Gasteiger partial charge in [0, 0.05) is 6.42 Å². The zero-order valence-corrected chi connectivity index (χ0v) is 30.2. The van der Waals surface area contributed by atoms with Crippen molar-refractivity contribution in [3.8, 4) is 18.1 Å². The molecule has 0 unspecified atom stereocenters. The minimum absolute atomic E-state index is 0.00328. The second-order valence-corrected chi connectivity index (χ2v) is 13.8. The molecule has 0 aliphatic carbocycles. The molecule has 0 bridgehead atoms. The van der Waals surface area contributed by atoms with Gasteiger partial charge in [0.15, 0.2) is 28.7 Å². The van der Waals surface area contributed by atoms with Crippen LogP contribution < -0.4 is 15.3 Å². The van der Waals surface area contributed by atoms with Crippen LogP contribution >= 0.6 is 7.75 Å². The van der Waals surface area contributed by atoms with Gasteiger partial charge in [-0.1, -0.05) is 77.0 Å². The van der Waals surface area contributed by atoms with E-state index in [1.54, 1.807) is 30.3 Å². The normalized spacial score (nSPS) is 20.4. The zero-order valence-electron chi connectivity index (χ0n) is 29.3. The molecule has 2 aromatic heterocycles. The van der Waals surface area contributed by atoms with E-state index in [0.29, 0.717) is 6.42 Å². The monoisotopic (exact) mass is 732 g/mol. The number of nitrogen functional groups attached to an aromatic ring is 1. The molecule has 3 aromatic rings. The van der Waals surface area contributed by atoms with Gasteiger partial charge < -0.3 is 29.2 Å². The molecule has 1 saturated heterocycles. The fourth-order valence-electron chi connectivity index (χ4n) is 5.34. The number of carbonyl (C=O) groups is 2. The largest absolute Gasteiger partial charge is 0.508 e. The van der Waals surface area contributed by atoms with Gasteiger partial charge in [0.2, 0.25) is 0 Å². The molecule has 17 heteroatoms. The van der Waals surface area contributed by atoms with Crippen molar-refractivity contribution in [1.29, 1.82) is 0 Å². The van der Waals surface area contributed by atoms with E-state index in [0.717, 1.165) is 32.1 Å². The Morgan fingerprint density at radius 3 is 2.61 bits per heavy atom. The number of halogens is 1. The van der Waals surface area contributed by atoms with E-state index in [9.17, 15) is 18.5 Å². The maximum absolute atomic E-state index is 14.4. The van der Waals surface area contributed by atoms with Crippen LogP contribution in [0.1, 0.15) is 78.9 Å². The molecule has 15 nitrogen and oxygen atoms in total. The Morgan fingerprint density at radius 1 is 1.18 bits per heavy atom. The van der Waals surface area contributed by atoms with Crippen molar-refractivity contribution in [3.63, 3.8) is 0 Å². The summed E-state index contributed by atoms with van der Waals surface area (Å²) in [6.45, 7) is 7.15. The number of nitrogens with two attached hydrogens (primary N) is 1. The van der Waals surface area contributed by atoms with Crippen LogP contribution in [0.2, 0.25) is 0 Å². The third-order valence-electron chi connectivity index (χ3n) is 8.45. The number of nitrogens with one attached hydrogen (secondary N) is 1. The summed E-state index contributed by atoms with van der Waals surface area (Å²) in [5.41, 5.74) is 4.05. The van der Waals surface area contributed by atoms with Crippen LogP contribution in [0.15, 0.2) is 36.7 Å². The third-order valence-corrected chi connectivity index (χ3v) is 10.1. The highest BCUT2D eigenvalue weighted by molar-refractivity contribution is 7.52. The zero-order chi connectivity index (χ0) is 37.0. The third kappa shape index (κ3) is 10.4. The predicted molar refractivity (Wildman–Crippen MR) is 185 cm³/mol. The maximum Gasteiger partial charge on any atom is 0.508 e. The van der Waals surface area contributed by atoms with Crippen LogP contribution in [0.4, 0.5) is 15.0 Å². The number of unbranched alkanes of at least 4 members (excludes halogenated alkanes) is 3. The van der Waals surface area contributed by atoms with Crippen LogP contribution in [0, 0.1) is 24.3 Å². The van der Waals surface area contributed by atoms with E-state index in [-0.39, 0.29) is 48.3 Å². The molecular formula is C34H46FN6O9P. The number of fused-ring (bicyclic) bond motifs is 1. The lowest BCUT2D eigenvalue weighted by molar-refractivity contribution is -0.146. The standard InChI is InChI=1S/C34H46FN6O9P/c1-6-10-11-15-18-45-33(43)48-26-19-27(41-22-37-28-29(36)38-32(35)39-30(28)41)49-34(26,9-4)21-47-51(44,50-25-16-13-12-14-17-25)40-23(5)31(42)46-20-24(7-2)8-3/h4,12-14,16-17,22-24,26-27H,6-8,10-11,15,18-21H2,1-3,5H3,(H,40,44)(H2,36,38,39)/t23-,26-,27+,34+,51-/m0/s1. The van der Waals surface area contributed by atoms with Gasteiger partial charge in [-0.25, -0.2) is 14.3 Å². The maximum atomic E-state index is 14.4. The minimum Gasteiger partial charge on any atom is -0.464 e. The molecule has 0 amide bonds. The van der Waals surface area contributed by atoms with E-state index in [2.05, 4.69) is 32.9 Å². The smallest absolute Gasteiger partial charge is 0.464 e. The molecule has 3 heterocycles. The van der Waals surface area contributed by atoms with Gasteiger partial charge >= 0.3 is 25.9 Å². The first-order valence-electron chi connectivity index (χ1n) is 17.0. The Bertz CT molecular complexity index is 1700. The summed E-state index contributed by atoms with van der Waals surface area (Å²) in [5, 5.41) is 2.63. The molecule has 51 heavy (non-hydrogen) atoms. The number of hydrogen-bond acceptors (Lipinski definition) is 13. The van der Waals surface area contributed by atoms with E-state index in [1.165, 1.54) is 17.8 Å². The molecule has 1 aliphatic heterocycles. The van der Waals surface area contributed by atoms with Gasteiger partial charge in [0.25, 0.3) is 0 Å². The number of benzene rings is 1. The summed E-state index contributed by atoms with van der Waals surface area (Å²) < 4.78 is 64.4. The first-order chi connectivity index (χ1) is 24.5. The number of esters is 1. The summed E-state index contributed by atoms with van der Waals surface area (Å²) >= 11 is 0. The highest BCUT2D eigenvalue weighted by Crippen LogP contribution is 2.48. The predicted octanol–water partition coefficient (Wildman–Crippen LogP) is 6.10. The second-order valence-electron chi connectivity index (χ2n) is 12.1. The second kappa shape index (κ2) is 18.3. The van der Waals surface area contributed by atoms with Gasteiger partial charge in [0.1, 0.15) is 24.6 Å². The molecule has 0 radical (unpaired) electrons. The fourth-order valence-corrected chi connectivity index (χ4v) is 6.86. The van der Waals surface area contributed by atoms with Crippen LogP contribution in [-0.4, -0.2) is 69.2 Å². The van der Waals surface area contributed by atoms with E-state index >= 15 is 0 Å². The Hall–Kier alpha value is -4.29. The number of para-hydroxylation sites is 1. The number of terminal acetylenes is 1. The molecule has 1 fully saturated rings. The highest BCUT2D eigenvalue weighted by atomic mass is 31.2. The van der Waals surface area contributed by atoms with Crippen LogP contribution in [0.25, 0.3) is 11.2 Å². The summed E-state index contributed by atoms with van der Waals surface area (Å²) in [6.07, 6.45) is 7.97. The minimum atomic E-state index is -4.45. The highest BCUT2D eigenvalue weighted by Gasteiger charge is 2.53. The number of hydrogen-bond donors (Lipinski definition) is 2. The van der Waals surface area contributed by atoms with Crippen LogP contribution in [0.3, 0.4) is 0 Å². The molecule has 5 atom stereocenters. The lowest BCUT2D eigenvalue weighted by Crippen LogP contribution is -2.46. The van der Waals surface area contributed by atoms with Crippen molar-refractivity contribution in [2.45, 2.75) is 96.6 Å². The molecular weight excluding hydrogens is 686 g/mol. The van der Waals surface area contributed by atoms with Crippen LogP contribution in [0.5, 0.6) is 5.75 Å². The number of aromatic nitrogens is 4. The number of carbonyl (C=O) groups excluding carboxylic acids is 2. The van der Waals surface area contributed by atoms with Crippen molar-refractivity contribution < 1.29 is 46.5 Å². The summed E-state index contributed by atoms with van der Waals surface area (Å²) in [7, 11) is -4.45. The van der Waals surface area contributed by atoms with Crippen molar-refractivity contribution in [1.82, 2.24) is 24.6 Å². The average molecular weight is 733 g/mol. The molecule has 0 spiro atoms. The molecule has 1 aliphatic rings. The number of rotatable bonds is 19. The summed E-state index contributed by atoms with van der Waals surface area (Å²) in [4.78, 5) is 37.3. The van der Waals surface area contributed by atoms with Crippen LogP contribution in [-0.2, 0) is 32.8 Å². The number of imidazole rings is 1. The molecule has 4 rings (SSSR count). The fraction of sp³-hybridized carbons (Fsp3) is 0.559. The van der Waals surface area contributed by atoms with Gasteiger partial charge in [0.05, 0.1) is 19.5 Å². The Balaban J connectivity index is 1.61. The lowest BCUT2D eigenvalue weighted by Gasteiger charge is -2.31. The van der Waals surface area contributed by atoms with E-state index < -0.39 is 56.5 Å². The Labute approximate surface area is 296 Å². The summed E-state index contributed by atoms with van der Waals surface area (Å²) in [6, 6.07) is 7.01. The molecule has 1 aromatic carbocycles. The van der Waals surface area contributed by atoms with Crippen molar-refractivity contribution in [2.24, 2.45) is 5.92 Å². The number of anilines is 1. The van der Waals surface area contributed by atoms with Crippen molar-refractivity contribution >= 4 is 36.9 Å². The Kier molecular flexibility index (Phi) is 14.2. The molecule has 3 N–H and O–H groups in total. The van der Waals surface area contributed by atoms with Crippen molar-refractivity contribution in [3.05, 3.63) is 42.7 Å². The lowest BCUT2D eigenvalue weighted by atomic mass is 9.99. The van der Waals surface area contributed by atoms with Gasteiger partial charge in [-0.3, -0.25) is 13.9 Å². The number of nitrogens with zero attached hydrogens (tertiary/aromatic N) is 4. The van der Waals surface area contributed by atoms with E-state index in [4.69, 9.17) is 40.2 Å². The van der Waals surface area contributed by atoms with Gasteiger partial charge in [-0.05, 0) is 31.4 Å². The topological polar surface area (TPSA) is 188 Å².